The van der Waals surface area contributed by atoms with Crippen molar-refractivity contribution in [2.45, 2.75) is 380 Å². The Labute approximate surface area is 522 Å². The normalized spacial score (nSPS) is 13.3. The topological polar surface area (TPSA) is 111 Å². The van der Waals surface area contributed by atoms with E-state index in [0.29, 0.717) is 17.4 Å². The molecule has 84 heavy (non-hydrogen) atoms. The second-order valence-corrected chi connectivity index (χ2v) is 27.7. The maximum absolute atomic E-state index is 12.9. The fourth-order valence-corrected chi connectivity index (χ4v) is 11.7. The molecule has 0 aliphatic heterocycles. The zero-order valence-electron chi connectivity index (χ0n) is 56.6. The molecule has 0 bridgehead atoms. The van der Waals surface area contributed by atoms with Gasteiger partial charge in [-0.1, -0.05) is 326 Å². The number of ether oxygens (including phenoxy) is 2. The number of hydrogen-bond acceptors (Lipinski definition) is 8. The highest BCUT2D eigenvalue weighted by molar-refractivity contribution is 7.45. The van der Waals surface area contributed by atoms with E-state index >= 15 is 0 Å². The minimum atomic E-state index is -4.64. The van der Waals surface area contributed by atoms with Crippen LogP contribution >= 0.6 is 7.82 Å². The molecule has 0 aromatic heterocycles. The van der Waals surface area contributed by atoms with Gasteiger partial charge in [0, 0.05) is 12.8 Å². The molecule has 0 aliphatic carbocycles. The molecule has 0 aromatic rings. The molecule has 2 atom stereocenters. The van der Waals surface area contributed by atoms with Crippen molar-refractivity contribution in [2.24, 2.45) is 0 Å². The first kappa shape index (κ1) is 82.2. The summed E-state index contributed by atoms with van der Waals surface area (Å²) < 4.78 is 34.4. The molecule has 0 aromatic carbocycles. The van der Waals surface area contributed by atoms with Crippen molar-refractivity contribution in [3.05, 3.63) is 36.5 Å². The van der Waals surface area contributed by atoms with Crippen LogP contribution in [0.5, 0.6) is 0 Å². The molecule has 496 valence electrons. The lowest BCUT2D eigenvalue weighted by atomic mass is 10.0. The smallest absolute Gasteiger partial charge is 0.306 e. The van der Waals surface area contributed by atoms with Gasteiger partial charge in [-0.05, 0) is 70.6 Å². The third-order valence-electron chi connectivity index (χ3n) is 16.6. The molecular formula is C74H142NO8P. The summed E-state index contributed by atoms with van der Waals surface area (Å²) in [6, 6.07) is 0. The van der Waals surface area contributed by atoms with Gasteiger partial charge in [0.1, 0.15) is 19.8 Å². The number of carbonyl (C=O) groups is 2. The van der Waals surface area contributed by atoms with E-state index in [1.54, 1.807) is 0 Å². The zero-order chi connectivity index (χ0) is 61.2. The lowest BCUT2D eigenvalue weighted by molar-refractivity contribution is -0.870. The van der Waals surface area contributed by atoms with Gasteiger partial charge in [0.25, 0.3) is 7.82 Å². The number of rotatable bonds is 69. The molecule has 0 heterocycles. The Kier molecular flexibility index (Phi) is 64.3. The Bertz CT molecular complexity index is 1510. The van der Waals surface area contributed by atoms with Crippen LogP contribution in [0.25, 0.3) is 0 Å². The van der Waals surface area contributed by atoms with Crippen molar-refractivity contribution in [3.8, 4) is 0 Å². The van der Waals surface area contributed by atoms with E-state index in [-0.39, 0.29) is 32.0 Å². The Balaban J connectivity index is 3.97. The summed E-state index contributed by atoms with van der Waals surface area (Å²) in [5.74, 6) is -0.811. The van der Waals surface area contributed by atoms with Crippen LogP contribution in [0.3, 0.4) is 0 Å². The number of quaternary nitrogens is 1. The standard InChI is InChI=1S/C74H142NO8P/c1-6-8-10-12-14-16-18-20-22-24-26-28-30-32-34-36-37-39-40-42-44-46-48-50-52-54-56-58-60-62-64-66-73(76)80-70-72(71-82-84(78,79)81-69-68-75(3,4)5)83-74(77)67-65-63-61-59-57-55-53-51-49-47-45-43-41-38-35-33-31-29-27-25-23-21-19-17-15-13-11-9-7-2/h19,21,24-27,72H,6-18,20,22-23,28-71H2,1-5H3/b21-19-,26-24-,27-25-. The Morgan fingerprint density at radius 1 is 0.369 bits per heavy atom. The SMILES string of the molecule is CCCCCCC/C=C\C/C=C\CCCCCCCCCCCCCCCCCCCC(=O)OC(COC(=O)CCCCCCCCCCCCCCCCCCCCC/C=C\CCCCCCCCCC)COP(=O)([O-])OCC[N+](C)(C)C. The molecule has 0 spiro atoms. The van der Waals surface area contributed by atoms with Crippen LogP contribution in [-0.4, -0.2) is 70.0 Å². The van der Waals surface area contributed by atoms with Crippen molar-refractivity contribution in [1.29, 1.82) is 0 Å². The van der Waals surface area contributed by atoms with Gasteiger partial charge < -0.3 is 27.9 Å². The monoisotopic (exact) mass is 1200 g/mol. The van der Waals surface area contributed by atoms with E-state index in [9.17, 15) is 19.0 Å². The number of nitrogens with zero attached hydrogens (tertiary/aromatic N) is 1. The van der Waals surface area contributed by atoms with Gasteiger partial charge in [-0.3, -0.25) is 14.2 Å². The number of esters is 2. The van der Waals surface area contributed by atoms with Crippen LogP contribution in [0.1, 0.15) is 373 Å². The van der Waals surface area contributed by atoms with Crippen molar-refractivity contribution >= 4 is 19.8 Å². The van der Waals surface area contributed by atoms with Crippen LogP contribution in [0.4, 0.5) is 0 Å². The number of carbonyl (C=O) groups excluding carboxylic acids is 2. The maximum atomic E-state index is 12.9. The third-order valence-corrected chi connectivity index (χ3v) is 17.6. The van der Waals surface area contributed by atoms with Crippen molar-refractivity contribution < 1.29 is 42.1 Å². The summed E-state index contributed by atoms with van der Waals surface area (Å²) in [6.45, 7) is 4.30. The summed E-state index contributed by atoms with van der Waals surface area (Å²) in [7, 11) is 1.19. The maximum Gasteiger partial charge on any atom is 0.306 e. The summed E-state index contributed by atoms with van der Waals surface area (Å²) in [5, 5.41) is 0. The summed E-state index contributed by atoms with van der Waals surface area (Å²) in [6.07, 6.45) is 83.8. The molecule has 0 N–H and O–H groups in total. The number of phosphoric ester groups is 1. The Morgan fingerprint density at radius 2 is 0.643 bits per heavy atom. The van der Waals surface area contributed by atoms with E-state index in [4.69, 9.17) is 18.5 Å². The molecule has 2 unspecified atom stereocenters. The van der Waals surface area contributed by atoms with Gasteiger partial charge in [-0.2, -0.15) is 0 Å². The molecule has 0 saturated carbocycles. The molecule has 0 saturated heterocycles. The molecule has 10 heteroatoms. The van der Waals surface area contributed by atoms with Gasteiger partial charge in [0.15, 0.2) is 6.10 Å². The molecule has 0 fully saturated rings. The number of unbranched alkanes of at least 4 members (excludes halogenated alkanes) is 49. The van der Waals surface area contributed by atoms with E-state index in [0.717, 1.165) is 38.5 Å². The number of hydrogen-bond donors (Lipinski definition) is 0. The van der Waals surface area contributed by atoms with Gasteiger partial charge in [-0.15, -0.1) is 0 Å². The summed E-state index contributed by atoms with van der Waals surface area (Å²) >= 11 is 0. The Morgan fingerprint density at radius 3 is 0.952 bits per heavy atom. The minimum absolute atomic E-state index is 0.0280. The number of likely N-dealkylation sites (N-methyl/N-ethyl adjacent to an activating group) is 1. The molecular weight excluding hydrogens is 1060 g/mol. The zero-order valence-corrected chi connectivity index (χ0v) is 57.5. The van der Waals surface area contributed by atoms with E-state index < -0.39 is 26.5 Å². The van der Waals surface area contributed by atoms with Crippen LogP contribution in [0.15, 0.2) is 36.5 Å². The van der Waals surface area contributed by atoms with Crippen molar-refractivity contribution in [1.82, 2.24) is 0 Å². The van der Waals surface area contributed by atoms with Gasteiger partial charge in [-0.25, -0.2) is 0 Å². The van der Waals surface area contributed by atoms with E-state index in [2.05, 4.69) is 50.3 Å². The largest absolute Gasteiger partial charge is 0.756 e. The average Bonchev–Trinajstić information content (AvgIpc) is 3.61. The fraction of sp³-hybridized carbons (Fsp3) is 0.892. The lowest BCUT2D eigenvalue weighted by Crippen LogP contribution is -2.37. The fourth-order valence-electron chi connectivity index (χ4n) is 11.0. The highest BCUT2D eigenvalue weighted by atomic mass is 31.2. The summed E-state index contributed by atoms with van der Waals surface area (Å²) in [5.41, 5.74) is 0. The van der Waals surface area contributed by atoms with Gasteiger partial charge in [0.05, 0.1) is 27.7 Å². The number of phosphoric acid groups is 1. The third kappa shape index (κ3) is 69.3. The average molecular weight is 1200 g/mol. The highest BCUT2D eigenvalue weighted by Gasteiger charge is 2.22. The van der Waals surface area contributed by atoms with Crippen molar-refractivity contribution in [3.63, 3.8) is 0 Å². The second kappa shape index (κ2) is 65.7. The predicted octanol–water partition coefficient (Wildman–Crippen LogP) is 23.2. The van der Waals surface area contributed by atoms with Crippen LogP contribution < -0.4 is 4.89 Å². The lowest BCUT2D eigenvalue weighted by Gasteiger charge is -2.28. The molecule has 9 nitrogen and oxygen atoms in total. The quantitative estimate of drug-likeness (QED) is 0.0195. The van der Waals surface area contributed by atoms with Crippen LogP contribution in [0.2, 0.25) is 0 Å². The second-order valence-electron chi connectivity index (χ2n) is 26.3. The summed E-state index contributed by atoms with van der Waals surface area (Å²) in [4.78, 5) is 38.1. The van der Waals surface area contributed by atoms with E-state index in [1.807, 2.05) is 21.1 Å². The molecule has 0 radical (unpaired) electrons. The highest BCUT2D eigenvalue weighted by Crippen LogP contribution is 2.38. The van der Waals surface area contributed by atoms with Crippen LogP contribution in [0, 0.1) is 0 Å². The molecule has 0 rings (SSSR count). The van der Waals surface area contributed by atoms with E-state index in [1.165, 1.54) is 302 Å². The minimum Gasteiger partial charge on any atom is -0.756 e. The first-order chi connectivity index (χ1) is 41.0. The first-order valence-corrected chi connectivity index (χ1v) is 38.2. The van der Waals surface area contributed by atoms with Crippen LogP contribution in [-0.2, 0) is 32.7 Å². The van der Waals surface area contributed by atoms with Gasteiger partial charge >= 0.3 is 11.9 Å². The van der Waals surface area contributed by atoms with Gasteiger partial charge in [0.2, 0.25) is 0 Å². The first-order valence-electron chi connectivity index (χ1n) is 36.7. The molecule has 0 aliphatic rings. The molecule has 0 amide bonds. The number of allylic oxidation sites excluding steroid dienone is 6. The Hall–Kier alpha value is -1.77. The van der Waals surface area contributed by atoms with Crippen molar-refractivity contribution in [2.75, 3.05) is 47.5 Å². The predicted molar refractivity (Wildman–Crippen MR) is 361 cm³/mol.